The molecule has 1 aliphatic rings. The highest BCUT2D eigenvalue weighted by Gasteiger charge is 2.24. The van der Waals surface area contributed by atoms with Gasteiger partial charge < -0.3 is 14.8 Å². The summed E-state index contributed by atoms with van der Waals surface area (Å²) in [6.07, 6.45) is 1.66. The Morgan fingerprint density at radius 1 is 1.31 bits per heavy atom. The summed E-state index contributed by atoms with van der Waals surface area (Å²) in [5, 5.41) is 2.99. The van der Waals surface area contributed by atoms with Crippen molar-refractivity contribution in [2.24, 2.45) is 0 Å². The summed E-state index contributed by atoms with van der Waals surface area (Å²) < 4.78 is 12.3. The molecule has 2 rings (SSSR count). The first-order chi connectivity index (χ1) is 12.1. The van der Waals surface area contributed by atoms with Crippen molar-refractivity contribution >= 4 is 22.0 Å². The number of likely N-dealkylation sites (tertiary alicyclic amines) is 1. The van der Waals surface area contributed by atoms with E-state index >= 15 is 0 Å². The highest BCUT2D eigenvalue weighted by molar-refractivity contribution is 9.10. The van der Waals surface area contributed by atoms with Gasteiger partial charge >= 0.3 is 6.09 Å². The maximum atomic E-state index is 11.9. The molecule has 6 heteroatoms. The quantitative estimate of drug-likeness (QED) is 0.739. The van der Waals surface area contributed by atoms with Crippen molar-refractivity contribution in [2.75, 3.05) is 13.1 Å². The van der Waals surface area contributed by atoms with Gasteiger partial charge in [-0.05, 0) is 69.5 Å². The lowest BCUT2D eigenvalue weighted by Crippen LogP contribution is -2.45. The highest BCUT2D eigenvalue weighted by Crippen LogP contribution is 2.31. The van der Waals surface area contributed by atoms with Crippen LogP contribution in [0.4, 0.5) is 4.79 Å². The summed E-state index contributed by atoms with van der Waals surface area (Å²) in [4.78, 5) is 14.3. The number of amides is 1. The van der Waals surface area contributed by atoms with Crippen molar-refractivity contribution in [3.63, 3.8) is 0 Å². The van der Waals surface area contributed by atoms with E-state index in [1.54, 1.807) is 0 Å². The maximum Gasteiger partial charge on any atom is 0.407 e. The molecule has 146 valence electrons. The van der Waals surface area contributed by atoms with Crippen LogP contribution < -0.4 is 10.1 Å². The van der Waals surface area contributed by atoms with Crippen LogP contribution in [0, 0.1) is 0 Å². The molecule has 1 N–H and O–H groups in total. The molecule has 1 aromatic rings. The molecule has 1 amide bonds. The van der Waals surface area contributed by atoms with Crippen LogP contribution in [0.1, 0.15) is 53.0 Å². The van der Waals surface area contributed by atoms with Crippen LogP contribution in [0.5, 0.6) is 5.75 Å². The molecule has 1 aliphatic heterocycles. The van der Waals surface area contributed by atoms with Gasteiger partial charge in [0.2, 0.25) is 0 Å². The Morgan fingerprint density at radius 3 is 2.54 bits per heavy atom. The molecule has 0 unspecified atom stereocenters. The highest BCUT2D eigenvalue weighted by atomic mass is 79.9. The molecule has 1 fully saturated rings. The van der Waals surface area contributed by atoms with Gasteiger partial charge in [0.1, 0.15) is 11.4 Å². The Bertz CT molecular complexity index is 606. The monoisotopic (exact) mass is 426 g/mol. The Morgan fingerprint density at radius 2 is 1.96 bits per heavy atom. The van der Waals surface area contributed by atoms with E-state index in [4.69, 9.17) is 9.47 Å². The molecule has 0 aromatic heterocycles. The lowest BCUT2D eigenvalue weighted by Gasteiger charge is -2.33. The summed E-state index contributed by atoms with van der Waals surface area (Å²) in [6.45, 7) is 12.4. The Hall–Kier alpha value is -1.27. The Kier molecular flexibility index (Phi) is 7.35. The average Bonchev–Trinajstić information content (AvgIpc) is 2.50. The Balaban J connectivity index is 1.88. The summed E-state index contributed by atoms with van der Waals surface area (Å²) >= 11 is 3.60. The molecule has 0 bridgehead atoms. The second-order valence-corrected chi connectivity index (χ2v) is 8.95. The predicted octanol–water partition coefficient (Wildman–Crippen LogP) is 4.73. The molecule has 5 nitrogen and oxygen atoms in total. The molecule has 1 aromatic carbocycles. The average molecular weight is 427 g/mol. The van der Waals surface area contributed by atoms with Crippen molar-refractivity contribution in [3.8, 4) is 5.75 Å². The largest absolute Gasteiger partial charge is 0.489 e. The standard InChI is InChI=1S/C20H31BrN2O3/c1-14(2)25-18-15(7-6-8-17(18)21)13-23-11-9-16(10-12-23)22-19(24)26-20(3,4)5/h6-8,14,16H,9-13H2,1-5H3,(H,22,24). The van der Waals surface area contributed by atoms with Crippen LogP contribution >= 0.6 is 15.9 Å². The normalized spacial score (nSPS) is 16.6. The van der Waals surface area contributed by atoms with Crippen LogP contribution in [0.15, 0.2) is 22.7 Å². The van der Waals surface area contributed by atoms with E-state index in [1.165, 1.54) is 5.56 Å². The van der Waals surface area contributed by atoms with Crippen LogP contribution in [0.3, 0.4) is 0 Å². The van der Waals surface area contributed by atoms with Crippen molar-refractivity contribution in [1.82, 2.24) is 10.2 Å². The topological polar surface area (TPSA) is 50.8 Å². The first kappa shape index (κ1) is 21.0. The number of carbonyl (C=O) groups is 1. The van der Waals surface area contributed by atoms with Gasteiger partial charge in [-0.25, -0.2) is 4.79 Å². The molecule has 0 saturated carbocycles. The SMILES string of the molecule is CC(C)Oc1c(Br)cccc1CN1CCC(NC(=O)OC(C)(C)C)CC1. The van der Waals surface area contributed by atoms with Crippen LogP contribution in [-0.2, 0) is 11.3 Å². The van der Waals surface area contributed by atoms with E-state index in [-0.39, 0.29) is 18.2 Å². The molecule has 1 saturated heterocycles. The molecular formula is C20H31BrN2O3. The number of halogens is 1. The summed E-state index contributed by atoms with van der Waals surface area (Å²) in [5.41, 5.74) is 0.727. The van der Waals surface area contributed by atoms with Gasteiger partial charge in [-0.1, -0.05) is 12.1 Å². The first-order valence-electron chi connectivity index (χ1n) is 9.30. The van der Waals surface area contributed by atoms with Gasteiger partial charge in [-0.2, -0.15) is 0 Å². The fourth-order valence-corrected chi connectivity index (χ4v) is 3.50. The zero-order chi connectivity index (χ0) is 19.3. The van der Waals surface area contributed by atoms with Crippen molar-refractivity contribution in [2.45, 2.75) is 71.8 Å². The fraction of sp³-hybridized carbons (Fsp3) is 0.650. The van der Waals surface area contributed by atoms with E-state index in [9.17, 15) is 4.79 Å². The third-order valence-corrected chi connectivity index (χ3v) is 4.73. The van der Waals surface area contributed by atoms with Crippen LogP contribution in [-0.4, -0.2) is 41.8 Å². The van der Waals surface area contributed by atoms with E-state index in [0.29, 0.717) is 0 Å². The van der Waals surface area contributed by atoms with Gasteiger partial charge in [0.05, 0.1) is 10.6 Å². The van der Waals surface area contributed by atoms with E-state index in [0.717, 1.165) is 42.7 Å². The number of hydrogen-bond acceptors (Lipinski definition) is 4. The number of alkyl carbamates (subject to hydrolysis) is 1. The number of carbonyl (C=O) groups excluding carboxylic acids is 1. The van der Waals surface area contributed by atoms with Crippen molar-refractivity contribution < 1.29 is 14.3 Å². The molecule has 0 spiro atoms. The van der Waals surface area contributed by atoms with Gasteiger partial charge in [0.25, 0.3) is 0 Å². The number of piperidine rings is 1. The van der Waals surface area contributed by atoms with E-state index in [1.807, 2.05) is 46.8 Å². The second kappa shape index (κ2) is 9.09. The second-order valence-electron chi connectivity index (χ2n) is 8.09. The Labute approximate surface area is 165 Å². The molecule has 0 radical (unpaired) electrons. The zero-order valence-corrected chi connectivity index (χ0v) is 18.1. The van der Waals surface area contributed by atoms with Gasteiger partial charge in [0.15, 0.2) is 0 Å². The predicted molar refractivity (Wildman–Crippen MR) is 108 cm³/mol. The number of ether oxygens (including phenoxy) is 2. The van der Waals surface area contributed by atoms with E-state index < -0.39 is 5.60 Å². The number of hydrogen-bond donors (Lipinski definition) is 1. The number of rotatable bonds is 5. The van der Waals surface area contributed by atoms with Crippen LogP contribution in [0.25, 0.3) is 0 Å². The minimum absolute atomic E-state index is 0.135. The van der Waals surface area contributed by atoms with E-state index in [2.05, 4.69) is 32.2 Å². The van der Waals surface area contributed by atoms with Gasteiger partial charge in [0, 0.05) is 31.2 Å². The number of nitrogens with one attached hydrogen (secondary N) is 1. The smallest absolute Gasteiger partial charge is 0.407 e. The lowest BCUT2D eigenvalue weighted by atomic mass is 10.0. The molecule has 26 heavy (non-hydrogen) atoms. The number of nitrogens with zero attached hydrogens (tertiary/aromatic N) is 1. The number of para-hydroxylation sites is 1. The molecule has 0 aliphatic carbocycles. The third-order valence-electron chi connectivity index (χ3n) is 4.10. The number of benzene rings is 1. The molecule has 0 atom stereocenters. The van der Waals surface area contributed by atoms with Crippen LogP contribution in [0.2, 0.25) is 0 Å². The lowest BCUT2D eigenvalue weighted by molar-refractivity contribution is 0.0477. The zero-order valence-electron chi connectivity index (χ0n) is 16.5. The molecule has 1 heterocycles. The fourth-order valence-electron chi connectivity index (χ4n) is 3.00. The van der Waals surface area contributed by atoms with Gasteiger partial charge in [-0.3, -0.25) is 4.90 Å². The van der Waals surface area contributed by atoms with Gasteiger partial charge in [-0.15, -0.1) is 0 Å². The van der Waals surface area contributed by atoms with Crippen molar-refractivity contribution in [3.05, 3.63) is 28.2 Å². The third kappa shape index (κ3) is 6.80. The first-order valence-corrected chi connectivity index (χ1v) is 10.1. The summed E-state index contributed by atoms with van der Waals surface area (Å²) in [6, 6.07) is 6.35. The summed E-state index contributed by atoms with van der Waals surface area (Å²) in [7, 11) is 0. The minimum atomic E-state index is -0.460. The maximum absolute atomic E-state index is 11.9. The van der Waals surface area contributed by atoms with Crippen molar-refractivity contribution in [1.29, 1.82) is 0 Å². The minimum Gasteiger partial charge on any atom is -0.489 e. The summed E-state index contributed by atoms with van der Waals surface area (Å²) in [5.74, 6) is 0.927. The molecular weight excluding hydrogens is 396 g/mol.